The molecule has 0 radical (unpaired) electrons. The van der Waals surface area contributed by atoms with Crippen molar-refractivity contribution in [3.05, 3.63) is 12.2 Å². The third-order valence-corrected chi connectivity index (χ3v) is 13.7. The SMILES string of the molecule is CCCCCCCCCC/C=C\CCCCCCCCCCCCCCCCCC(=O)NC(COP(=O)([O-])OCC[N+](C)(C)C)C(O)CCCCCCCCCCCCCCCC. The molecule has 376 valence electrons. The minimum Gasteiger partial charge on any atom is -0.756 e. The molecule has 0 aromatic rings. The average molecular weight is 913 g/mol. The molecule has 0 bridgehead atoms. The van der Waals surface area contributed by atoms with Crippen molar-refractivity contribution >= 4 is 13.7 Å². The Kier molecular flexibility index (Phi) is 45.8. The second kappa shape index (κ2) is 46.4. The highest BCUT2D eigenvalue weighted by atomic mass is 31.2. The number of phosphoric ester groups is 1. The standard InChI is InChI=1S/C54H109N2O6P/c1-6-8-10-12-14-16-18-20-22-23-24-25-26-27-28-29-30-31-32-33-34-36-38-40-42-44-46-48-54(58)55-52(51-62-63(59,60)61-50-49-56(3,4)5)53(57)47-45-43-41-39-37-35-21-19-17-15-13-11-9-7-2/h23-24,52-53,57H,6-22,25-51H2,1-5H3,(H-,55,58,59,60)/b24-23-. The first-order valence-electron chi connectivity index (χ1n) is 27.5. The summed E-state index contributed by atoms with van der Waals surface area (Å²) in [5.74, 6) is -0.160. The smallest absolute Gasteiger partial charge is 0.268 e. The molecular weight excluding hydrogens is 804 g/mol. The van der Waals surface area contributed by atoms with Crippen LogP contribution in [0, 0.1) is 0 Å². The molecule has 3 unspecified atom stereocenters. The average Bonchev–Trinajstić information content (AvgIpc) is 3.24. The third-order valence-electron chi connectivity index (χ3n) is 12.8. The van der Waals surface area contributed by atoms with E-state index in [0.717, 1.165) is 38.5 Å². The zero-order valence-electron chi connectivity index (χ0n) is 42.8. The van der Waals surface area contributed by atoms with E-state index in [1.54, 1.807) is 0 Å². The lowest BCUT2D eigenvalue weighted by atomic mass is 10.0. The van der Waals surface area contributed by atoms with Crippen LogP contribution in [0.2, 0.25) is 0 Å². The lowest BCUT2D eigenvalue weighted by Crippen LogP contribution is -2.46. The van der Waals surface area contributed by atoms with Crippen LogP contribution >= 0.6 is 7.82 Å². The molecular formula is C54H109N2O6P. The van der Waals surface area contributed by atoms with Crippen LogP contribution in [-0.2, 0) is 18.4 Å². The van der Waals surface area contributed by atoms with Crippen molar-refractivity contribution in [1.82, 2.24) is 5.32 Å². The maximum atomic E-state index is 12.9. The third kappa shape index (κ3) is 49.0. The topological polar surface area (TPSA) is 108 Å². The maximum Gasteiger partial charge on any atom is 0.268 e. The Bertz CT molecular complexity index is 1040. The number of quaternary nitrogens is 1. The molecule has 2 N–H and O–H groups in total. The number of likely N-dealkylation sites (N-methyl/N-ethyl adjacent to an activating group) is 1. The predicted octanol–water partition coefficient (Wildman–Crippen LogP) is 15.6. The van der Waals surface area contributed by atoms with Gasteiger partial charge in [0.2, 0.25) is 5.91 Å². The van der Waals surface area contributed by atoms with Gasteiger partial charge in [0.1, 0.15) is 13.2 Å². The summed E-state index contributed by atoms with van der Waals surface area (Å²) in [4.78, 5) is 25.5. The highest BCUT2D eigenvalue weighted by Crippen LogP contribution is 2.38. The van der Waals surface area contributed by atoms with Gasteiger partial charge in [-0.25, -0.2) is 0 Å². The zero-order valence-corrected chi connectivity index (χ0v) is 43.7. The number of amides is 1. The fourth-order valence-corrected chi connectivity index (χ4v) is 9.11. The molecule has 0 aliphatic rings. The van der Waals surface area contributed by atoms with E-state index < -0.39 is 20.0 Å². The Labute approximate surface area is 392 Å². The molecule has 0 aliphatic carbocycles. The van der Waals surface area contributed by atoms with E-state index in [1.165, 1.54) is 212 Å². The van der Waals surface area contributed by atoms with E-state index in [4.69, 9.17) is 9.05 Å². The van der Waals surface area contributed by atoms with Gasteiger partial charge in [-0.05, 0) is 38.5 Å². The number of nitrogens with one attached hydrogen (secondary N) is 1. The lowest BCUT2D eigenvalue weighted by Gasteiger charge is -2.30. The van der Waals surface area contributed by atoms with Crippen molar-refractivity contribution in [3.63, 3.8) is 0 Å². The fourth-order valence-electron chi connectivity index (χ4n) is 8.39. The summed E-state index contributed by atoms with van der Waals surface area (Å²) >= 11 is 0. The van der Waals surface area contributed by atoms with Crippen LogP contribution in [0.3, 0.4) is 0 Å². The highest BCUT2D eigenvalue weighted by Gasteiger charge is 2.24. The molecule has 3 atom stereocenters. The molecule has 0 rings (SSSR count). The zero-order chi connectivity index (χ0) is 46.4. The summed E-state index contributed by atoms with van der Waals surface area (Å²) < 4.78 is 23.4. The van der Waals surface area contributed by atoms with E-state index in [9.17, 15) is 19.4 Å². The molecule has 0 aliphatic heterocycles. The van der Waals surface area contributed by atoms with Crippen LogP contribution in [-0.4, -0.2) is 68.5 Å². The van der Waals surface area contributed by atoms with Crippen molar-refractivity contribution < 1.29 is 32.9 Å². The number of nitrogens with zero attached hydrogens (tertiary/aromatic N) is 1. The monoisotopic (exact) mass is 913 g/mol. The minimum absolute atomic E-state index is 0.0150. The van der Waals surface area contributed by atoms with Crippen molar-refractivity contribution in [2.75, 3.05) is 40.9 Å². The largest absolute Gasteiger partial charge is 0.756 e. The number of phosphoric acid groups is 1. The second-order valence-corrected chi connectivity index (χ2v) is 21.7. The van der Waals surface area contributed by atoms with Gasteiger partial charge in [-0.15, -0.1) is 0 Å². The summed E-state index contributed by atoms with van der Waals surface area (Å²) in [6, 6.07) is -0.796. The Morgan fingerprint density at radius 1 is 0.540 bits per heavy atom. The first kappa shape index (κ1) is 62.2. The van der Waals surface area contributed by atoms with Gasteiger partial charge in [0.25, 0.3) is 7.82 Å². The number of carbonyl (C=O) groups excluding carboxylic acids is 1. The van der Waals surface area contributed by atoms with Gasteiger partial charge in [-0.1, -0.05) is 244 Å². The Morgan fingerprint density at radius 2 is 0.873 bits per heavy atom. The molecule has 63 heavy (non-hydrogen) atoms. The molecule has 0 heterocycles. The summed E-state index contributed by atoms with van der Waals surface area (Å²) in [5.41, 5.74) is 0. The van der Waals surface area contributed by atoms with Gasteiger partial charge < -0.3 is 28.8 Å². The Balaban J connectivity index is 4.08. The van der Waals surface area contributed by atoms with E-state index in [-0.39, 0.29) is 19.1 Å². The normalized spacial score (nSPS) is 14.1. The van der Waals surface area contributed by atoms with Crippen LogP contribution in [0.5, 0.6) is 0 Å². The second-order valence-electron chi connectivity index (χ2n) is 20.3. The number of aliphatic hydroxyl groups is 1. The Hall–Kier alpha value is -0.760. The molecule has 0 fully saturated rings. The summed E-state index contributed by atoms with van der Waals surface area (Å²) in [6.45, 7) is 4.75. The van der Waals surface area contributed by atoms with Gasteiger partial charge in [-0.3, -0.25) is 9.36 Å². The van der Waals surface area contributed by atoms with Crippen LogP contribution in [0.1, 0.15) is 277 Å². The molecule has 0 saturated heterocycles. The first-order valence-corrected chi connectivity index (χ1v) is 29.0. The van der Waals surface area contributed by atoms with Crippen molar-refractivity contribution in [2.45, 2.75) is 289 Å². The fraction of sp³-hybridized carbons (Fsp3) is 0.944. The number of aliphatic hydroxyl groups excluding tert-OH is 1. The molecule has 8 nitrogen and oxygen atoms in total. The van der Waals surface area contributed by atoms with Crippen molar-refractivity contribution in [3.8, 4) is 0 Å². The number of hydrogen-bond acceptors (Lipinski definition) is 6. The van der Waals surface area contributed by atoms with Crippen LogP contribution in [0.25, 0.3) is 0 Å². The predicted molar refractivity (Wildman–Crippen MR) is 270 cm³/mol. The summed E-state index contributed by atoms with van der Waals surface area (Å²) in [6.07, 6.45) is 55.2. The molecule has 1 amide bonds. The molecule has 0 aromatic carbocycles. The van der Waals surface area contributed by atoms with Crippen molar-refractivity contribution in [1.29, 1.82) is 0 Å². The molecule has 0 saturated carbocycles. The van der Waals surface area contributed by atoms with E-state index in [1.807, 2.05) is 21.1 Å². The Morgan fingerprint density at radius 3 is 1.24 bits per heavy atom. The van der Waals surface area contributed by atoms with Gasteiger partial charge >= 0.3 is 0 Å². The first-order chi connectivity index (χ1) is 30.5. The highest BCUT2D eigenvalue weighted by molar-refractivity contribution is 7.45. The van der Waals surface area contributed by atoms with E-state index >= 15 is 0 Å². The number of unbranched alkanes of at least 4 members (excludes halogenated alkanes) is 36. The number of allylic oxidation sites excluding steroid dienone is 2. The van der Waals surface area contributed by atoms with Gasteiger partial charge in [0.05, 0.1) is 39.9 Å². The van der Waals surface area contributed by atoms with Crippen LogP contribution in [0.4, 0.5) is 0 Å². The van der Waals surface area contributed by atoms with E-state index in [0.29, 0.717) is 23.9 Å². The quantitative estimate of drug-likeness (QED) is 0.0272. The van der Waals surface area contributed by atoms with Crippen LogP contribution < -0.4 is 10.2 Å². The lowest BCUT2D eigenvalue weighted by molar-refractivity contribution is -0.870. The van der Waals surface area contributed by atoms with Gasteiger partial charge in [0.15, 0.2) is 0 Å². The summed E-state index contributed by atoms with van der Waals surface area (Å²) in [7, 11) is 1.32. The molecule has 9 heteroatoms. The van der Waals surface area contributed by atoms with Crippen LogP contribution in [0.15, 0.2) is 12.2 Å². The number of carbonyl (C=O) groups is 1. The molecule has 0 spiro atoms. The van der Waals surface area contributed by atoms with Gasteiger partial charge in [0, 0.05) is 6.42 Å². The number of rotatable bonds is 51. The van der Waals surface area contributed by atoms with Crippen molar-refractivity contribution in [2.24, 2.45) is 0 Å². The maximum absolute atomic E-state index is 12.9. The summed E-state index contributed by atoms with van der Waals surface area (Å²) in [5, 5.41) is 14.0. The van der Waals surface area contributed by atoms with Gasteiger partial charge in [-0.2, -0.15) is 0 Å². The molecule has 0 aromatic heterocycles. The minimum atomic E-state index is -4.56. The van der Waals surface area contributed by atoms with E-state index in [2.05, 4.69) is 31.3 Å². The number of hydrogen-bond donors (Lipinski definition) is 2.